The molecule has 2 amide bonds. The second kappa shape index (κ2) is 12.4. The second-order valence-electron chi connectivity index (χ2n) is 10.3. The Morgan fingerprint density at radius 1 is 0.905 bits per heavy atom. The van der Waals surface area contributed by atoms with Crippen LogP contribution in [0.2, 0.25) is 5.02 Å². The minimum absolute atomic E-state index is 0.0509. The molecule has 1 saturated carbocycles. The highest BCUT2D eigenvalue weighted by Gasteiger charge is 2.38. The number of H-pyrrole nitrogens is 1. The molecule has 0 bridgehead atoms. The van der Waals surface area contributed by atoms with Crippen LogP contribution in [-0.2, 0) is 11.0 Å². The predicted molar refractivity (Wildman–Crippen MR) is 154 cm³/mol. The van der Waals surface area contributed by atoms with Crippen molar-refractivity contribution in [3.63, 3.8) is 0 Å². The SMILES string of the molecule is O=C(NC1CCCCC1)[C@@H](c1ccc(F)cc1)N(C(=O)c1ccc(-c2ccccc2)[nH]1)c1ccc(Cl)c(C(F)(F)F)c1. The lowest BCUT2D eigenvalue weighted by atomic mass is 9.94. The second-order valence-corrected chi connectivity index (χ2v) is 10.7. The van der Waals surface area contributed by atoms with E-state index < -0.39 is 40.4 Å². The quantitative estimate of drug-likeness (QED) is 0.210. The minimum Gasteiger partial charge on any atom is -0.351 e. The molecule has 0 spiro atoms. The number of halogens is 5. The summed E-state index contributed by atoms with van der Waals surface area (Å²) in [6.07, 6.45) is -0.445. The van der Waals surface area contributed by atoms with Crippen molar-refractivity contribution in [1.29, 1.82) is 0 Å². The van der Waals surface area contributed by atoms with Crippen LogP contribution in [0.4, 0.5) is 23.2 Å². The number of hydrogen-bond acceptors (Lipinski definition) is 2. The fourth-order valence-corrected chi connectivity index (χ4v) is 5.51. The molecule has 5 nitrogen and oxygen atoms in total. The molecule has 0 unspecified atom stereocenters. The molecule has 2 N–H and O–H groups in total. The molecule has 1 aliphatic carbocycles. The average Bonchev–Trinajstić information content (AvgIpc) is 3.48. The topological polar surface area (TPSA) is 65.2 Å². The van der Waals surface area contributed by atoms with E-state index in [1.165, 1.54) is 24.3 Å². The molecule has 1 atom stereocenters. The maximum Gasteiger partial charge on any atom is 0.417 e. The van der Waals surface area contributed by atoms with Gasteiger partial charge in [-0.15, -0.1) is 0 Å². The van der Waals surface area contributed by atoms with Gasteiger partial charge in [0.1, 0.15) is 17.6 Å². The molecule has 10 heteroatoms. The zero-order valence-electron chi connectivity index (χ0n) is 22.4. The van der Waals surface area contributed by atoms with Gasteiger partial charge in [-0.05, 0) is 66.4 Å². The molecule has 1 aliphatic rings. The van der Waals surface area contributed by atoms with E-state index in [0.717, 1.165) is 66.8 Å². The summed E-state index contributed by atoms with van der Waals surface area (Å²) in [7, 11) is 0. The van der Waals surface area contributed by atoms with Crippen molar-refractivity contribution in [2.24, 2.45) is 0 Å². The van der Waals surface area contributed by atoms with E-state index in [4.69, 9.17) is 11.6 Å². The molecular weight excluding hydrogens is 570 g/mol. The van der Waals surface area contributed by atoms with Crippen molar-refractivity contribution >= 4 is 29.1 Å². The molecule has 0 radical (unpaired) electrons. The van der Waals surface area contributed by atoms with E-state index in [9.17, 15) is 27.2 Å². The van der Waals surface area contributed by atoms with E-state index in [1.807, 2.05) is 30.3 Å². The van der Waals surface area contributed by atoms with Gasteiger partial charge in [-0.2, -0.15) is 13.2 Å². The third kappa shape index (κ3) is 6.51. The van der Waals surface area contributed by atoms with Gasteiger partial charge in [0, 0.05) is 17.4 Å². The summed E-state index contributed by atoms with van der Waals surface area (Å²) >= 11 is 5.91. The van der Waals surface area contributed by atoms with E-state index >= 15 is 0 Å². The number of rotatable bonds is 7. The Kier molecular flexibility index (Phi) is 8.68. The van der Waals surface area contributed by atoms with Crippen LogP contribution < -0.4 is 10.2 Å². The molecule has 1 heterocycles. The molecule has 1 aromatic heterocycles. The van der Waals surface area contributed by atoms with Crippen molar-refractivity contribution in [2.75, 3.05) is 4.90 Å². The molecule has 1 fully saturated rings. The molecule has 3 aromatic carbocycles. The zero-order valence-corrected chi connectivity index (χ0v) is 23.2. The number of aromatic amines is 1. The average molecular weight is 598 g/mol. The summed E-state index contributed by atoms with van der Waals surface area (Å²) in [5, 5.41) is 2.44. The van der Waals surface area contributed by atoms with Gasteiger partial charge < -0.3 is 10.3 Å². The van der Waals surface area contributed by atoms with Gasteiger partial charge in [0.2, 0.25) is 5.91 Å². The highest BCUT2D eigenvalue weighted by atomic mass is 35.5. The fraction of sp³-hybridized carbons (Fsp3) is 0.250. The first-order chi connectivity index (χ1) is 20.1. The first kappa shape index (κ1) is 29.4. The number of amides is 2. The lowest BCUT2D eigenvalue weighted by molar-refractivity contribution is -0.137. The highest BCUT2D eigenvalue weighted by Crippen LogP contribution is 2.39. The maximum atomic E-state index is 14.2. The normalized spacial score (nSPS) is 14.8. The number of aromatic nitrogens is 1. The van der Waals surface area contributed by atoms with Crippen LogP contribution in [0.15, 0.2) is 84.9 Å². The number of alkyl halides is 3. The van der Waals surface area contributed by atoms with Gasteiger partial charge in [0.05, 0.1) is 10.6 Å². The van der Waals surface area contributed by atoms with Crippen LogP contribution in [0.3, 0.4) is 0 Å². The number of nitrogens with one attached hydrogen (secondary N) is 2. The first-order valence-electron chi connectivity index (χ1n) is 13.6. The van der Waals surface area contributed by atoms with Gasteiger partial charge in [0.15, 0.2) is 0 Å². The molecular formula is C32H28ClF4N3O2. The highest BCUT2D eigenvalue weighted by molar-refractivity contribution is 6.31. The van der Waals surface area contributed by atoms with Crippen molar-refractivity contribution in [3.05, 3.63) is 113 Å². The minimum atomic E-state index is -4.82. The van der Waals surface area contributed by atoms with Crippen LogP contribution in [0.25, 0.3) is 11.3 Å². The Labute approximate surface area is 245 Å². The molecule has 42 heavy (non-hydrogen) atoms. The fourth-order valence-electron chi connectivity index (χ4n) is 5.29. The van der Waals surface area contributed by atoms with Gasteiger partial charge >= 0.3 is 6.18 Å². The van der Waals surface area contributed by atoms with Crippen molar-refractivity contribution in [2.45, 2.75) is 50.4 Å². The van der Waals surface area contributed by atoms with Crippen LogP contribution in [0.1, 0.15) is 59.8 Å². The summed E-state index contributed by atoms with van der Waals surface area (Å²) in [5.41, 5.74) is 0.337. The largest absolute Gasteiger partial charge is 0.417 e. The van der Waals surface area contributed by atoms with Crippen LogP contribution in [0, 0.1) is 5.82 Å². The number of nitrogens with zero attached hydrogens (tertiary/aromatic N) is 1. The smallest absolute Gasteiger partial charge is 0.351 e. The van der Waals surface area contributed by atoms with Crippen molar-refractivity contribution in [1.82, 2.24) is 10.3 Å². The Balaban J connectivity index is 1.64. The van der Waals surface area contributed by atoms with Crippen molar-refractivity contribution in [3.8, 4) is 11.3 Å². The molecule has 218 valence electrons. The van der Waals surface area contributed by atoms with E-state index in [0.29, 0.717) is 5.69 Å². The third-order valence-corrected chi connectivity index (χ3v) is 7.73. The van der Waals surface area contributed by atoms with Crippen LogP contribution >= 0.6 is 11.6 Å². The van der Waals surface area contributed by atoms with E-state index in [2.05, 4.69) is 10.3 Å². The standard InChI is InChI=1S/C32H28ClF4N3O2/c33-26-16-15-24(19-25(26)32(35,36)37)40(31(42)28-18-17-27(39-28)20-7-3-1-4-8-20)29(21-11-13-22(34)14-12-21)30(41)38-23-9-5-2-6-10-23/h1,3-4,7-8,11-19,23,29,39H,2,5-6,9-10H2,(H,38,41)/t29-/m1/s1. The van der Waals surface area contributed by atoms with Crippen molar-refractivity contribution < 1.29 is 27.2 Å². The molecule has 4 aromatic rings. The van der Waals surface area contributed by atoms with Gasteiger partial charge in [-0.25, -0.2) is 4.39 Å². The lowest BCUT2D eigenvalue weighted by Crippen LogP contribution is -2.47. The number of carbonyl (C=O) groups excluding carboxylic acids is 2. The lowest BCUT2D eigenvalue weighted by Gasteiger charge is -2.33. The summed E-state index contributed by atoms with van der Waals surface area (Å²) in [6, 6.07) is 18.9. The molecule has 0 aliphatic heterocycles. The number of hydrogen-bond donors (Lipinski definition) is 2. The van der Waals surface area contributed by atoms with E-state index in [-0.39, 0.29) is 23.0 Å². The van der Waals surface area contributed by atoms with Crippen LogP contribution in [-0.4, -0.2) is 22.8 Å². The number of carbonyl (C=O) groups is 2. The summed E-state index contributed by atoms with van der Waals surface area (Å²) in [4.78, 5) is 32.3. The monoisotopic (exact) mass is 597 g/mol. The summed E-state index contributed by atoms with van der Waals surface area (Å²) < 4.78 is 55.7. The zero-order chi connectivity index (χ0) is 29.9. The predicted octanol–water partition coefficient (Wildman–Crippen LogP) is 8.33. The van der Waals surface area contributed by atoms with Crippen LogP contribution in [0.5, 0.6) is 0 Å². The number of benzene rings is 3. The first-order valence-corrected chi connectivity index (χ1v) is 14.0. The molecule has 5 rings (SSSR count). The Hall–Kier alpha value is -4.11. The summed E-state index contributed by atoms with van der Waals surface area (Å²) in [6.45, 7) is 0. The Bertz CT molecular complexity index is 1550. The molecule has 0 saturated heterocycles. The van der Waals surface area contributed by atoms with Gasteiger partial charge in [-0.3, -0.25) is 14.5 Å². The Morgan fingerprint density at radius 2 is 1.60 bits per heavy atom. The van der Waals surface area contributed by atoms with Gasteiger partial charge in [-0.1, -0.05) is 73.3 Å². The summed E-state index contributed by atoms with van der Waals surface area (Å²) in [5.74, 6) is -1.90. The Morgan fingerprint density at radius 3 is 2.26 bits per heavy atom. The van der Waals surface area contributed by atoms with E-state index in [1.54, 1.807) is 6.07 Å². The number of anilines is 1. The third-order valence-electron chi connectivity index (χ3n) is 7.40. The van der Waals surface area contributed by atoms with Gasteiger partial charge in [0.25, 0.3) is 5.91 Å². The maximum absolute atomic E-state index is 14.2.